The number of hydrogen-bond donors (Lipinski definition) is 1. The van der Waals surface area contributed by atoms with Gasteiger partial charge in [-0.3, -0.25) is 0 Å². The van der Waals surface area contributed by atoms with Gasteiger partial charge in [-0.2, -0.15) is 0 Å². The standard InChI is InChI=1S/C13H24N2O/c14-10-8-6-4-2-1-3-5-7-9-13-11-16-12-15-13/h11-12H,1-10,14H2. The van der Waals surface area contributed by atoms with Crippen LogP contribution in [0.4, 0.5) is 0 Å². The lowest BCUT2D eigenvalue weighted by molar-refractivity contribution is 0.553. The molecule has 2 N–H and O–H groups in total. The molecule has 0 aromatic carbocycles. The SMILES string of the molecule is NCCCCCCCCCCc1cocn1. The fourth-order valence-corrected chi connectivity index (χ4v) is 1.87. The van der Waals surface area contributed by atoms with Crippen LogP contribution in [-0.4, -0.2) is 11.5 Å². The van der Waals surface area contributed by atoms with Crippen molar-refractivity contribution in [3.63, 3.8) is 0 Å². The summed E-state index contributed by atoms with van der Waals surface area (Å²) in [6.07, 6.45) is 14.8. The lowest BCUT2D eigenvalue weighted by Crippen LogP contribution is -1.97. The monoisotopic (exact) mass is 224 g/mol. The Morgan fingerprint density at radius 1 is 0.938 bits per heavy atom. The van der Waals surface area contributed by atoms with Crippen molar-refractivity contribution in [3.05, 3.63) is 18.4 Å². The van der Waals surface area contributed by atoms with Crippen LogP contribution in [0.25, 0.3) is 0 Å². The van der Waals surface area contributed by atoms with Crippen LogP contribution in [0.15, 0.2) is 17.1 Å². The van der Waals surface area contributed by atoms with Crippen molar-refractivity contribution < 1.29 is 4.42 Å². The molecule has 0 aliphatic heterocycles. The van der Waals surface area contributed by atoms with Gasteiger partial charge in [0.15, 0.2) is 6.39 Å². The van der Waals surface area contributed by atoms with Gasteiger partial charge in [-0.25, -0.2) is 4.98 Å². The van der Waals surface area contributed by atoms with Gasteiger partial charge in [0.25, 0.3) is 0 Å². The fourth-order valence-electron chi connectivity index (χ4n) is 1.87. The van der Waals surface area contributed by atoms with E-state index in [0.717, 1.165) is 18.7 Å². The Bertz CT molecular complexity index is 234. The summed E-state index contributed by atoms with van der Waals surface area (Å²) in [7, 11) is 0. The minimum absolute atomic E-state index is 0.845. The molecular formula is C13H24N2O. The first-order valence-corrected chi connectivity index (χ1v) is 6.50. The Morgan fingerprint density at radius 3 is 2.12 bits per heavy atom. The van der Waals surface area contributed by atoms with E-state index in [2.05, 4.69) is 4.98 Å². The number of hydrogen-bond acceptors (Lipinski definition) is 3. The maximum Gasteiger partial charge on any atom is 0.180 e. The van der Waals surface area contributed by atoms with Crippen LogP contribution in [0.1, 0.15) is 57.1 Å². The van der Waals surface area contributed by atoms with Gasteiger partial charge >= 0.3 is 0 Å². The summed E-state index contributed by atoms with van der Waals surface area (Å²) in [5.41, 5.74) is 6.53. The maximum atomic E-state index is 5.44. The average molecular weight is 224 g/mol. The number of rotatable bonds is 10. The molecule has 1 heterocycles. The zero-order valence-electron chi connectivity index (χ0n) is 10.2. The molecule has 0 amide bonds. The molecule has 0 spiro atoms. The molecule has 0 aliphatic carbocycles. The van der Waals surface area contributed by atoms with Crippen molar-refractivity contribution in [2.45, 2.75) is 57.8 Å². The summed E-state index contributed by atoms with van der Waals surface area (Å²) in [5.74, 6) is 0. The normalized spacial score (nSPS) is 10.8. The van der Waals surface area contributed by atoms with Crippen molar-refractivity contribution in [2.75, 3.05) is 6.54 Å². The third kappa shape index (κ3) is 6.62. The lowest BCUT2D eigenvalue weighted by Gasteiger charge is -2.00. The van der Waals surface area contributed by atoms with Gasteiger partial charge in [0, 0.05) is 0 Å². The van der Waals surface area contributed by atoms with Crippen LogP contribution in [0.3, 0.4) is 0 Å². The Hall–Kier alpha value is -0.830. The van der Waals surface area contributed by atoms with Gasteiger partial charge in [-0.1, -0.05) is 38.5 Å². The molecule has 0 fully saturated rings. The smallest absolute Gasteiger partial charge is 0.180 e. The van der Waals surface area contributed by atoms with Crippen molar-refractivity contribution in [1.29, 1.82) is 0 Å². The third-order valence-electron chi connectivity index (χ3n) is 2.87. The molecule has 0 atom stereocenters. The molecule has 0 radical (unpaired) electrons. The van der Waals surface area contributed by atoms with E-state index in [0.29, 0.717) is 0 Å². The molecular weight excluding hydrogens is 200 g/mol. The molecule has 1 aromatic rings. The Balaban J connectivity index is 1.78. The van der Waals surface area contributed by atoms with Crippen LogP contribution in [0.5, 0.6) is 0 Å². The van der Waals surface area contributed by atoms with Crippen LogP contribution in [0, 0.1) is 0 Å². The predicted molar refractivity (Wildman–Crippen MR) is 66.2 cm³/mol. The van der Waals surface area contributed by atoms with E-state index in [-0.39, 0.29) is 0 Å². The van der Waals surface area contributed by atoms with Gasteiger partial charge in [0.2, 0.25) is 0 Å². The first kappa shape index (κ1) is 13.2. The van der Waals surface area contributed by atoms with E-state index >= 15 is 0 Å². The Morgan fingerprint density at radius 2 is 1.56 bits per heavy atom. The second-order valence-electron chi connectivity index (χ2n) is 4.35. The molecule has 0 aliphatic rings. The molecule has 16 heavy (non-hydrogen) atoms. The number of oxazole rings is 1. The van der Waals surface area contributed by atoms with Crippen LogP contribution >= 0.6 is 0 Å². The van der Waals surface area contributed by atoms with Gasteiger partial charge in [-0.05, 0) is 25.8 Å². The second kappa shape index (κ2) is 9.40. The highest BCUT2D eigenvalue weighted by Gasteiger charge is 1.96. The van der Waals surface area contributed by atoms with Crippen LogP contribution in [0.2, 0.25) is 0 Å². The molecule has 3 heteroatoms. The summed E-state index contributed by atoms with van der Waals surface area (Å²) < 4.78 is 4.93. The summed E-state index contributed by atoms with van der Waals surface area (Å²) in [6, 6.07) is 0. The van der Waals surface area contributed by atoms with E-state index in [1.165, 1.54) is 57.8 Å². The number of nitrogens with zero attached hydrogens (tertiary/aromatic N) is 1. The van der Waals surface area contributed by atoms with Crippen molar-refractivity contribution >= 4 is 0 Å². The average Bonchev–Trinajstić information content (AvgIpc) is 2.80. The zero-order valence-corrected chi connectivity index (χ0v) is 10.2. The van der Waals surface area contributed by atoms with Gasteiger partial charge < -0.3 is 10.2 Å². The molecule has 92 valence electrons. The highest BCUT2D eigenvalue weighted by molar-refractivity contribution is 4.90. The van der Waals surface area contributed by atoms with E-state index in [1.54, 1.807) is 6.26 Å². The molecule has 0 unspecified atom stereocenters. The number of nitrogens with two attached hydrogens (primary N) is 1. The quantitative estimate of drug-likeness (QED) is 0.620. The van der Waals surface area contributed by atoms with Crippen LogP contribution in [-0.2, 0) is 6.42 Å². The Kier molecular flexibility index (Phi) is 7.78. The molecule has 0 saturated carbocycles. The molecule has 0 bridgehead atoms. The van der Waals surface area contributed by atoms with E-state index in [1.807, 2.05) is 0 Å². The van der Waals surface area contributed by atoms with E-state index in [9.17, 15) is 0 Å². The third-order valence-corrected chi connectivity index (χ3v) is 2.87. The summed E-state index contributed by atoms with van der Waals surface area (Å²) in [5, 5.41) is 0. The lowest BCUT2D eigenvalue weighted by atomic mass is 10.1. The fraction of sp³-hybridized carbons (Fsp3) is 0.769. The number of aryl methyl sites for hydroxylation is 1. The largest absolute Gasteiger partial charge is 0.451 e. The van der Waals surface area contributed by atoms with Crippen molar-refractivity contribution in [2.24, 2.45) is 5.73 Å². The van der Waals surface area contributed by atoms with E-state index < -0.39 is 0 Å². The van der Waals surface area contributed by atoms with Gasteiger partial charge in [-0.15, -0.1) is 0 Å². The maximum absolute atomic E-state index is 5.44. The number of aromatic nitrogens is 1. The summed E-state index contributed by atoms with van der Waals surface area (Å²) in [4.78, 5) is 4.11. The van der Waals surface area contributed by atoms with Crippen molar-refractivity contribution in [3.8, 4) is 0 Å². The Labute approximate surface area is 98.4 Å². The summed E-state index contributed by atoms with van der Waals surface area (Å²) in [6.45, 7) is 0.845. The molecule has 1 aromatic heterocycles. The molecule has 3 nitrogen and oxygen atoms in total. The zero-order chi connectivity index (χ0) is 11.5. The minimum atomic E-state index is 0.845. The highest BCUT2D eigenvalue weighted by atomic mass is 16.3. The van der Waals surface area contributed by atoms with E-state index in [4.69, 9.17) is 10.2 Å². The van der Waals surface area contributed by atoms with Crippen LogP contribution < -0.4 is 5.73 Å². The molecule has 1 rings (SSSR count). The summed E-state index contributed by atoms with van der Waals surface area (Å²) >= 11 is 0. The van der Waals surface area contributed by atoms with Gasteiger partial charge in [0.1, 0.15) is 6.26 Å². The predicted octanol–water partition coefficient (Wildman–Crippen LogP) is 3.30. The van der Waals surface area contributed by atoms with Crippen molar-refractivity contribution in [1.82, 2.24) is 4.98 Å². The minimum Gasteiger partial charge on any atom is -0.451 e. The highest BCUT2D eigenvalue weighted by Crippen LogP contribution is 2.10. The first-order chi connectivity index (χ1) is 7.93. The number of unbranched alkanes of at least 4 members (excludes halogenated alkanes) is 7. The van der Waals surface area contributed by atoms with Gasteiger partial charge in [0.05, 0.1) is 5.69 Å². The second-order valence-corrected chi connectivity index (χ2v) is 4.35. The topological polar surface area (TPSA) is 52.0 Å². The first-order valence-electron chi connectivity index (χ1n) is 6.50. The molecule has 0 saturated heterocycles.